The maximum Gasteiger partial charge on any atom is 0.225 e. The Morgan fingerprint density at radius 1 is 0.958 bits per heavy atom. The van der Waals surface area contributed by atoms with Crippen molar-refractivity contribution in [3.05, 3.63) is 47.7 Å². The highest BCUT2D eigenvalue weighted by Crippen LogP contribution is 2.36. The van der Waals surface area contributed by atoms with Crippen molar-refractivity contribution >= 4 is 5.69 Å². The Morgan fingerprint density at radius 2 is 1.71 bits per heavy atom. The Bertz CT molecular complexity index is 884. The molecule has 5 heteroatoms. The number of hydrogen-bond donors (Lipinski definition) is 1. The van der Waals surface area contributed by atoms with Gasteiger partial charge in [-0.05, 0) is 60.0 Å². The number of H-pyrrole nitrogens is 1. The number of rotatable bonds is 4. The number of ether oxygens (including phenoxy) is 2. The van der Waals surface area contributed by atoms with E-state index in [1.807, 2.05) is 37.4 Å². The molecule has 2 aromatic carbocycles. The standard InChI is InChI=1S/C19H20N2O3/c1-11-7-14(9-18(23-4)12(11)2)19-15(10-21-24-19)13-5-6-17(22-3)16(20)8-13/h5-10H,20H2,1-4H3/p+1. The van der Waals surface area contributed by atoms with Gasteiger partial charge in [0.15, 0.2) is 0 Å². The van der Waals surface area contributed by atoms with E-state index in [4.69, 9.17) is 19.7 Å². The summed E-state index contributed by atoms with van der Waals surface area (Å²) < 4.78 is 16.3. The van der Waals surface area contributed by atoms with Gasteiger partial charge in [-0.2, -0.15) is 0 Å². The van der Waals surface area contributed by atoms with Crippen LogP contribution in [0.1, 0.15) is 11.1 Å². The summed E-state index contributed by atoms with van der Waals surface area (Å²) in [6, 6.07) is 9.74. The van der Waals surface area contributed by atoms with E-state index >= 15 is 0 Å². The molecule has 0 aliphatic carbocycles. The van der Waals surface area contributed by atoms with Crippen molar-refractivity contribution in [2.24, 2.45) is 0 Å². The molecule has 5 nitrogen and oxygen atoms in total. The van der Waals surface area contributed by atoms with Crippen molar-refractivity contribution in [3.63, 3.8) is 0 Å². The average molecular weight is 325 g/mol. The Hall–Kier alpha value is -2.95. The second-order valence-electron chi connectivity index (χ2n) is 5.68. The number of hydrogen-bond acceptors (Lipinski definition) is 4. The molecular weight excluding hydrogens is 304 g/mol. The van der Waals surface area contributed by atoms with Gasteiger partial charge in [0.1, 0.15) is 17.1 Å². The molecule has 0 saturated heterocycles. The molecule has 3 aromatic rings. The van der Waals surface area contributed by atoms with Crippen LogP contribution in [0.15, 0.2) is 41.1 Å². The van der Waals surface area contributed by atoms with Crippen LogP contribution < -0.4 is 20.4 Å². The summed E-state index contributed by atoms with van der Waals surface area (Å²) in [5.74, 6) is 2.23. The van der Waals surface area contributed by atoms with Gasteiger partial charge in [-0.15, -0.1) is 0 Å². The van der Waals surface area contributed by atoms with Crippen LogP contribution in [-0.2, 0) is 0 Å². The van der Waals surface area contributed by atoms with Crippen molar-refractivity contribution in [2.45, 2.75) is 13.8 Å². The predicted octanol–water partition coefficient (Wildman–Crippen LogP) is 3.64. The molecule has 3 N–H and O–H groups in total. The molecule has 1 heterocycles. The quantitative estimate of drug-likeness (QED) is 0.743. The van der Waals surface area contributed by atoms with E-state index in [-0.39, 0.29) is 0 Å². The van der Waals surface area contributed by atoms with E-state index in [1.54, 1.807) is 14.2 Å². The summed E-state index contributed by atoms with van der Waals surface area (Å²) in [7, 11) is 3.27. The van der Waals surface area contributed by atoms with E-state index in [2.05, 4.69) is 18.1 Å². The fourth-order valence-electron chi connectivity index (χ4n) is 2.77. The van der Waals surface area contributed by atoms with E-state index in [0.29, 0.717) is 11.4 Å². The molecule has 124 valence electrons. The molecule has 0 amide bonds. The van der Waals surface area contributed by atoms with E-state index in [1.165, 1.54) is 0 Å². The number of nitrogen functional groups attached to an aromatic ring is 1. The van der Waals surface area contributed by atoms with Gasteiger partial charge in [0.25, 0.3) is 0 Å². The molecule has 0 aliphatic heterocycles. The maximum absolute atomic E-state index is 6.03. The van der Waals surface area contributed by atoms with Crippen LogP contribution in [0.5, 0.6) is 11.5 Å². The van der Waals surface area contributed by atoms with Gasteiger partial charge < -0.3 is 15.2 Å². The predicted molar refractivity (Wildman–Crippen MR) is 93.1 cm³/mol. The number of methoxy groups -OCH3 is 2. The molecule has 0 radical (unpaired) electrons. The molecule has 1 aromatic heterocycles. The highest BCUT2D eigenvalue weighted by molar-refractivity contribution is 5.81. The van der Waals surface area contributed by atoms with Crippen molar-refractivity contribution < 1.29 is 19.2 Å². The molecule has 0 bridgehead atoms. The lowest BCUT2D eigenvalue weighted by molar-refractivity contribution is -0.606. The van der Waals surface area contributed by atoms with Gasteiger partial charge in [0.2, 0.25) is 12.0 Å². The van der Waals surface area contributed by atoms with Crippen LogP contribution in [0.25, 0.3) is 22.5 Å². The molecular formula is C19H21N2O3+. The number of aromatic nitrogens is 1. The third-order valence-electron chi connectivity index (χ3n) is 4.25. The monoisotopic (exact) mass is 325 g/mol. The lowest BCUT2D eigenvalue weighted by Crippen LogP contribution is -1.93. The van der Waals surface area contributed by atoms with Crippen LogP contribution in [-0.4, -0.2) is 14.2 Å². The van der Waals surface area contributed by atoms with Crippen LogP contribution in [0.3, 0.4) is 0 Å². The van der Waals surface area contributed by atoms with Gasteiger partial charge in [-0.3, -0.25) is 0 Å². The van der Waals surface area contributed by atoms with Gasteiger partial charge in [-0.1, -0.05) is 6.07 Å². The van der Waals surface area contributed by atoms with Gasteiger partial charge in [-0.25, -0.2) is 4.52 Å². The smallest absolute Gasteiger partial charge is 0.225 e. The van der Waals surface area contributed by atoms with Crippen molar-refractivity contribution in [2.75, 3.05) is 20.0 Å². The molecule has 24 heavy (non-hydrogen) atoms. The summed E-state index contributed by atoms with van der Waals surface area (Å²) in [6.07, 6.45) is 1.82. The largest absolute Gasteiger partial charge is 0.496 e. The van der Waals surface area contributed by atoms with Crippen LogP contribution >= 0.6 is 0 Å². The first-order valence-corrected chi connectivity index (χ1v) is 7.64. The molecule has 0 saturated carbocycles. The maximum atomic E-state index is 6.03. The topological polar surface area (TPSA) is 71.8 Å². The molecule has 3 rings (SSSR count). The second kappa shape index (κ2) is 6.28. The van der Waals surface area contributed by atoms with Gasteiger partial charge in [0.05, 0.1) is 19.9 Å². The van der Waals surface area contributed by atoms with Crippen LogP contribution in [0, 0.1) is 13.8 Å². The third kappa shape index (κ3) is 2.69. The number of aryl methyl sites for hydroxylation is 1. The zero-order valence-electron chi connectivity index (χ0n) is 14.3. The van der Waals surface area contributed by atoms with Crippen molar-refractivity contribution in [3.8, 4) is 33.9 Å². The highest BCUT2D eigenvalue weighted by Gasteiger charge is 2.19. The Morgan fingerprint density at radius 3 is 2.38 bits per heavy atom. The van der Waals surface area contributed by atoms with E-state index in [0.717, 1.165) is 39.3 Å². The minimum atomic E-state index is 0.583. The fourth-order valence-corrected chi connectivity index (χ4v) is 2.77. The number of benzene rings is 2. The first-order chi connectivity index (χ1) is 11.5. The van der Waals surface area contributed by atoms with Gasteiger partial charge in [0, 0.05) is 5.56 Å². The summed E-state index contributed by atoms with van der Waals surface area (Å²) in [6.45, 7) is 4.09. The fraction of sp³-hybridized carbons (Fsp3) is 0.211. The SMILES string of the molecule is COc1ccc(-c2c[nH+]oc2-c2cc(C)c(C)c(OC)c2)cc1N. The molecule has 0 aliphatic rings. The summed E-state index contributed by atoms with van der Waals surface area (Å²) in [5, 5.41) is 2.83. The van der Waals surface area contributed by atoms with E-state index < -0.39 is 0 Å². The number of nitrogens with one attached hydrogen (secondary N) is 1. The minimum Gasteiger partial charge on any atom is -0.496 e. The average Bonchev–Trinajstić information content (AvgIpc) is 3.06. The Balaban J connectivity index is 2.12. The number of anilines is 1. The summed E-state index contributed by atoms with van der Waals surface area (Å²) in [5.41, 5.74) is 11.7. The first-order valence-electron chi connectivity index (χ1n) is 7.64. The Labute approximate surface area is 141 Å². The van der Waals surface area contributed by atoms with Crippen molar-refractivity contribution in [1.29, 1.82) is 0 Å². The Kier molecular flexibility index (Phi) is 4.16. The number of nitrogens with two attached hydrogens (primary N) is 1. The number of aromatic amines is 1. The minimum absolute atomic E-state index is 0.583. The van der Waals surface area contributed by atoms with Crippen molar-refractivity contribution in [1.82, 2.24) is 0 Å². The molecule has 0 spiro atoms. The normalized spacial score (nSPS) is 10.7. The third-order valence-corrected chi connectivity index (χ3v) is 4.25. The van der Waals surface area contributed by atoms with Crippen LogP contribution in [0.2, 0.25) is 0 Å². The molecule has 0 atom stereocenters. The highest BCUT2D eigenvalue weighted by atomic mass is 16.5. The lowest BCUT2D eigenvalue weighted by Gasteiger charge is -2.10. The van der Waals surface area contributed by atoms with Gasteiger partial charge >= 0.3 is 0 Å². The summed E-state index contributed by atoms with van der Waals surface area (Å²) >= 11 is 0. The lowest BCUT2D eigenvalue weighted by atomic mass is 9.98. The molecule has 0 fully saturated rings. The zero-order valence-corrected chi connectivity index (χ0v) is 14.3. The van der Waals surface area contributed by atoms with E-state index in [9.17, 15) is 0 Å². The summed E-state index contributed by atoms with van der Waals surface area (Å²) in [4.78, 5) is 0. The zero-order chi connectivity index (χ0) is 17.3. The second-order valence-corrected chi connectivity index (χ2v) is 5.68. The first kappa shape index (κ1) is 15.9. The van der Waals surface area contributed by atoms with Crippen LogP contribution in [0.4, 0.5) is 5.69 Å². The molecule has 0 unspecified atom stereocenters.